The van der Waals surface area contributed by atoms with Crippen molar-refractivity contribution in [2.45, 2.75) is 44.2 Å². The lowest BCUT2D eigenvalue weighted by atomic mass is 9.82. The number of halogens is 1. The van der Waals surface area contributed by atoms with Crippen LogP contribution in [0, 0.1) is 5.82 Å². The minimum absolute atomic E-state index is 0.339. The SMILES string of the molecule is O=C(CN1C(=O)NC2(CCCCC2)C1=O)Nc1c(-c2ccc(F)cc2)ncn1Cc1ccccc1. The van der Waals surface area contributed by atoms with E-state index in [0.717, 1.165) is 29.7 Å². The largest absolute Gasteiger partial charge is 0.325 e. The minimum Gasteiger partial charge on any atom is -0.323 e. The lowest BCUT2D eigenvalue weighted by molar-refractivity contribution is -0.134. The van der Waals surface area contributed by atoms with Crippen LogP contribution in [-0.2, 0) is 16.1 Å². The normalized spacial score (nSPS) is 17.0. The van der Waals surface area contributed by atoms with Gasteiger partial charge < -0.3 is 15.2 Å². The Labute approximate surface area is 202 Å². The summed E-state index contributed by atoms with van der Waals surface area (Å²) in [6.45, 7) is 0.0443. The van der Waals surface area contributed by atoms with E-state index in [1.807, 2.05) is 30.3 Å². The number of amides is 4. The van der Waals surface area contributed by atoms with E-state index >= 15 is 0 Å². The highest BCUT2D eigenvalue weighted by atomic mass is 19.1. The molecule has 0 bridgehead atoms. The summed E-state index contributed by atoms with van der Waals surface area (Å²) in [5.41, 5.74) is 1.21. The lowest BCUT2D eigenvalue weighted by Gasteiger charge is -2.30. The van der Waals surface area contributed by atoms with Crippen molar-refractivity contribution in [1.29, 1.82) is 0 Å². The summed E-state index contributed by atoms with van der Waals surface area (Å²) in [7, 11) is 0. The molecule has 180 valence electrons. The summed E-state index contributed by atoms with van der Waals surface area (Å²) in [6, 6.07) is 15.0. The summed E-state index contributed by atoms with van der Waals surface area (Å²) >= 11 is 0. The highest BCUT2D eigenvalue weighted by Crippen LogP contribution is 2.34. The van der Waals surface area contributed by atoms with Gasteiger partial charge in [-0.2, -0.15) is 0 Å². The van der Waals surface area contributed by atoms with Crippen molar-refractivity contribution in [3.8, 4) is 11.3 Å². The molecule has 0 atom stereocenters. The highest BCUT2D eigenvalue weighted by molar-refractivity contribution is 6.10. The fourth-order valence-electron chi connectivity index (χ4n) is 4.86. The molecule has 3 aromatic rings. The molecular formula is C26H26FN5O3. The number of imide groups is 1. The van der Waals surface area contributed by atoms with Crippen molar-refractivity contribution in [3.05, 3.63) is 72.3 Å². The predicted molar refractivity (Wildman–Crippen MR) is 128 cm³/mol. The maximum Gasteiger partial charge on any atom is 0.325 e. The number of rotatable bonds is 6. The Morgan fingerprint density at radius 3 is 2.46 bits per heavy atom. The molecule has 2 aliphatic rings. The molecule has 8 nitrogen and oxygen atoms in total. The van der Waals surface area contributed by atoms with E-state index in [1.54, 1.807) is 23.0 Å². The molecule has 1 aliphatic carbocycles. The standard InChI is InChI=1S/C26H26FN5O3/c27-20-11-9-19(10-12-20)22-23(31(17-28-22)15-18-7-3-1-4-8-18)29-21(33)16-32-24(34)26(30-25(32)35)13-5-2-6-14-26/h1,3-4,7-12,17H,2,5-6,13-16H2,(H,29,33)(H,30,35). The van der Waals surface area contributed by atoms with Crippen LogP contribution >= 0.6 is 0 Å². The zero-order valence-electron chi connectivity index (χ0n) is 19.2. The Morgan fingerprint density at radius 2 is 1.74 bits per heavy atom. The molecule has 5 rings (SSSR count). The smallest absolute Gasteiger partial charge is 0.323 e. The van der Waals surface area contributed by atoms with E-state index in [2.05, 4.69) is 15.6 Å². The molecule has 35 heavy (non-hydrogen) atoms. The molecule has 2 N–H and O–H groups in total. The quantitative estimate of drug-likeness (QED) is 0.528. The van der Waals surface area contributed by atoms with Gasteiger partial charge in [-0.1, -0.05) is 49.6 Å². The number of imidazole rings is 1. The maximum absolute atomic E-state index is 13.5. The molecule has 2 aromatic carbocycles. The van der Waals surface area contributed by atoms with Crippen LogP contribution in [-0.4, -0.2) is 44.4 Å². The van der Waals surface area contributed by atoms with Crippen LogP contribution in [0.15, 0.2) is 60.9 Å². The van der Waals surface area contributed by atoms with Crippen molar-refractivity contribution in [3.63, 3.8) is 0 Å². The summed E-state index contributed by atoms with van der Waals surface area (Å²) in [5.74, 6) is -0.823. The van der Waals surface area contributed by atoms with Crippen LogP contribution in [0.5, 0.6) is 0 Å². The van der Waals surface area contributed by atoms with E-state index in [0.29, 0.717) is 36.5 Å². The minimum atomic E-state index is -0.885. The Hall–Kier alpha value is -4.01. The number of anilines is 1. The van der Waals surface area contributed by atoms with E-state index in [4.69, 9.17) is 0 Å². The monoisotopic (exact) mass is 475 g/mol. The number of nitrogens with zero attached hydrogens (tertiary/aromatic N) is 3. The number of aromatic nitrogens is 2. The van der Waals surface area contributed by atoms with Gasteiger partial charge in [0.2, 0.25) is 5.91 Å². The van der Waals surface area contributed by atoms with Gasteiger partial charge in [-0.05, 0) is 42.7 Å². The van der Waals surface area contributed by atoms with Gasteiger partial charge in [-0.25, -0.2) is 14.2 Å². The molecule has 0 unspecified atom stereocenters. The van der Waals surface area contributed by atoms with Gasteiger partial charge in [0.1, 0.15) is 29.4 Å². The van der Waals surface area contributed by atoms with Crippen LogP contribution in [0.2, 0.25) is 0 Å². The molecule has 4 amide bonds. The number of urea groups is 1. The zero-order chi connectivity index (χ0) is 24.4. The van der Waals surface area contributed by atoms with Crippen LogP contribution in [0.3, 0.4) is 0 Å². The molecule has 1 aromatic heterocycles. The molecule has 1 saturated heterocycles. The number of carbonyl (C=O) groups excluding carboxylic acids is 3. The average molecular weight is 476 g/mol. The molecule has 1 saturated carbocycles. The number of nitrogens with one attached hydrogen (secondary N) is 2. The summed E-state index contributed by atoms with van der Waals surface area (Å²) in [5, 5.41) is 5.67. The van der Waals surface area contributed by atoms with Crippen LogP contribution in [0.1, 0.15) is 37.7 Å². The van der Waals surface area contributed by atoms with Crippen LogP contribution < -0.4 is 10.6 Å². The number of hydrogen-bond acceptors (Lipinski definition) is 4. The van der Waals surface area contributed by atoms with Crippen molar-refractivity contribution < 1.29 is 18.8 Å². The lowest BCUT2D eigenvalue weighted by Crippen LogP contribution is -2.48. The molecule has 1 aliphatic heterocycles. The van der Waals surface area contributed by atoms with Crippen LogP contribution in [0.25, 0.3) is 11.3 Å². The Morgan fingerprint density at radius 1 is 1.03 bits per heavy atom. The van der Waals surface area contributed by atoms with Crippen molar-refractivity contribution in [1.82, 2.24) is 19.8 Å². The van der Waals surface area contributed by atoms with Gasteiger partial charge in [0, 0.05) is 5.56 Å². The first-order valence-corrected chi connectivity index (χ1v) is 11.7. The summed E-state index contributed by atoms with van der Waals surface area (Å²) < 4.78 is 15.3. The van der Waals surface area contributed by atoms with E-state index in [-0.39, 0.29) is 11.7 Å². The van der Waals surface area contributed by atoms with Gasteiger partial charge in [0.05, 0.1) is 12.9 Å². The first kappa shape index (κ1) is 22.8. The molecule has 9 heteroatoms. The van der Waals surface area contributed by atoms with Gasteiger partial charge in [0.25, 0.3) is 5.91 Å². The first-order valence-electron chi connectivity index (χ1n) is 11.7. The fraction of sp³-hybridized carbons (Fsp3) is 0.308. The second-order valence-corrected chi connectivity index (χ2v) is 9.07. The Bertz CT molecular complexity index is 1250. The van der Waals surface area contributed by atoms with E-state index in [1.165, 1.54) is 12.1 Å². The molecule has 2 fully saturated rings. The van der Waals surface area contributed by atoms with Gasteiger partial charge in [-0.15, -0.1) is 0 Å². The van der Waals surface area contributed by atoms with Gasteiger partial charge in [-0.3, -0.25) is 14.5 Å². The van der Waals surface area contributed by atoms with Gasteiger partial charge >= 0.3 is 6.03 Å². The van der Waals surface area contributed by atoms with Gasteiger partial charge in [0.15, 0.2) is 0 Å². The Balaban J connectivity index is 1.39. The average Bonchev–Trinajstić information content (AvgIpc) is 3.34. The van der Waals surface area contributed by atoms with Crippen molar-refractivity contribution in [2.75, 3.05) is 11.9 Å². The van der Waals surface area contributed by atoms with Crippen LogP contribution in [0.4, 0.5) is 15.0 Å². The third kappa shape index (κ3) is 4.53. The predicted octanol–water partition coefficient (Wildman–Crippen LogP) is 3.93. The second kappa shape index (κ2) is 9.32. The number of hydrogen-bond donors (Lipinski definition) is 2. The molecule has 1 spiro atoms. The molecule has 0 radical (unpaired) electrons. The third-order valence-electron chi connectivity index (χ3n) is 6.66. The fourth-order valence-corrected chi connectivity index (χ4v) is 4.86. The summed E-state index contributed by atoms with van der Waals surface area (Å²) in [4.78, 5) is 44.2. The van der Waals surface area contributed by atoms with Crippen molar-refractivity contribution in [2.24, 2.45) is 0 Å². The Kier molecular flexibility index (Phi) is 6.07. The van der Waals surface area contributed by atoms with E-state index < -0.39 is 24.0 Å². The highest BCUT2D eigenvalue weighted by Gasteiger charge is 2.51. The maximum atomic E-state index is 13.5. The topological polar surface area (TPSA) is 96.3 Å². The third-order valence-corrected chi connectivity index (χ3v) is 6.66. The zero-order valence-corrected chi connectivity index (χ0v) is 19.2. The van der Waals surface area contributed by atoms with E-state index in [9.17, 15) is 18.8 Å². The van der Waals surface area contributed by atoms with Crippen molar-refractivity contribution >= 4 is 23.7 Å². The number of benzene rings is 2. The summed E-state index contributed by atoms with van der Waals surface area (Å²) in [6.07, 6.45) is 5.55. The number of carbonyl (C=O) groups is 3. The molecular weight excluding hydrogens is 449 g/mol. The second-order valence-electron chi connectivity index (χ2n) is 9.07. The molecule has 2 heterocycles. The first-order chi connectivity index (χ1) is 16.9.